The van der Waals surface area contributed by atoms with E-state index >= 15 is 0 Å². The van der Waals surface area contributed by atoms with Gasteiger partial charge in [-0.05, 0) is 37.1 Å². The zero-order valence-electron chi connectivity index (χ0n) is 13.0. The van der Waals surface area contributed by atoms with E-state index in [4.69, 9.17) is 5.73 Å². The van der Waals surface area contributed by atoms with Crippen LogP contribution in [0.3, 0.4) is 0 Å². The maximum atomic E-state index is 12.4. The highest BCUT2D eigenvalue weighted by molar-refractivity contribution is 5.85. The molecule has 0 unspecified atom stereocenters. The molecule has 1 aromatic carbocycles. The van der Waals surface area contributed by atoms with E-state index in [9.17, 15) is 4.79 Å². The Kier molecular flexibility index (Phi) is 6.86. The van der Waals surface area contributed by atoms with Crippen molar-refractivity contribution in [1.29, 1.82) is 0 Å². The van der Waals surface area contributed by atoms with Crippen LogP contribution in [0.4, 0.5) is 5.69 Å². The molecule has 4 nitrogen and oxygen atoms in total. The Morgan fingerprint density at radius 1 is 1.23 bits per heavy atom. The van der Waals surface area contributed by atoms with Crippen molar-refractivity contribution >= 4 is 24.0 Å². The lowest BCUT2D eigenvalue weighted by Gasteiger charge is -2.22. The molecular formula is C17H22ClN3O. The summed E-state index contributed by atoms with van der Waals surface area (Å²) in [6, 6.07) is 11.7. The first kappa shape index (κ1) is 18.0. The Hall–Kier alpha value is -2.07. The summed E-state index contributed by atoms with van der Waals surface area (Å²) < 4.78 is 0. The highest BCUT2D eigenvalue weighted by atomic mass is 35.5. The predicted molar refractivity (Wildman–Crippen MR) is 91.9 cm³/mol. The van der Waals surface area contributed by atoms with Gasteiger partial charge in [0, 0.05) is 18.8 Å². The smallest absolute Gasteiger partial charge is 0.228 e. The molecule has 0 aliphatic carbocycles. The minimum Gasteiger partial charge on any atom is -0.397 e. The SMILES string of the molecule is CCN(Cc1ccccc1C)C(=O)Cc1ccc(N)cn1.Cl. The van der Waals surface area contributed by atoms with Crippen LogP contribution in [0.2, 0.25) is 0 Å². The highest BCUT2D eigenvalue weighted by Crippen LogP contribution is 2.12. The Bertz CT molecular complexity index is 614. The molecule has 0 atom stereocenters. The summed E-state index contributed by atoms with van der Waals surface area (Å²) in [6.45, 7) is 5.38. The molecule has 0 radical (unpaired) electrons. The minimum atomic E-state index is 0. The molecule has 0 spiro atoms. The van der Waals surface area contributed by atoms with Gasteiger partial charge in [0.25, 0.3) is 0 Å². The van der Waals surface area contributed by atoms with E-state index in [1.54, 1.807) is 18.3 Å². The van der Waals surface area contributed by atoms with E-state index in [0.29, 0.717) is 25.2 Å². The fraction of sp³-hybridized carbons (Fsp3) is 0.294. The van der Waals surface area contributed by atoms with Crippen LogP contribution in [-0.2, 0) is 17.8 Å². The van der Waals surface area contributed by atoms with Crippen LogP contribution in [0.5, 0.6) is 0 Å². The van der Waals surface area contributed by atoms with Crippen molar-refractivity contribution in [3.8, 4) is 0 Å². The minimum absolute atomic E-state index is 0. The van der Waals surface area contributed by atoms with Crippen LogP contribution in [0.15, 0.2) is 42.6 Å². The van der Waals surface area contributed by atoms with Gasteiger partial charge in [-0.25, -0.2) is 0 Å². The molecule has 0 aliphatic rings. The first-order chi connectivity index (χ1) is 10.1. The summed E-state index contributed by atoms with van der Waals surface area (Å²) in [5, 5.41) is 0. The van der Waals surface area contributed by atoms with Gasteiger partial charge in [-0.15, -0.1) is 12.4 Å². The molecule has 2 aromatic rings. The highest BCUT2D eigenvalue weighted by Gasteiger charge is 2.14. The number of hydrogen-bond acceptors (Lipinski definition) is 3. The zero-order valence-corrected chi connectivity index (χ0v) is 13.8. The number of amides is 1. The summed E-state index contributed by atoms with van der Waals surface area (Å²) in [6.07, 6.45) is 1.89. The molecule has 0 aliphatic heterocycles. The monoisotopic (exact) mass is 319 g/mol. The van der Waals surface area contributed by atoms with Crippen molar-refractivity contribution in [2.24, 2.45) is 0 Å². The molecule has 1 amide bonds. The largest absolute Gasteiger partial charge is 0.397 e. The Morgan fingerprint density at radius 2 is 1.95 bits per heavy atom. The molecule has 2 N–H and O–H groups in total. The molecule has 1 aromatic heterocycles. The van der Waals surface area contributed by atoms with Crippen molar-refractivity contribution in [1.82, 2.24) is 9.88 Å². The van der Waals surface area contributed by atoms with Gasteiger partial charge in [0.15, 0.2) is 0 Å². The summed E-state index contributed by atoms with van der Waals surface area (Å²) in [4.78, 5) is 18.4. The second-order valence-corrected chi connectivity index (χ2v) is 5.09. The molecule has 0 saturated carbocycles. The molecule has 5 heteroatoms. The average molecular weight is 320 g/mol. The van der Waals surface area contributed by atoms with Gasteiger partial charge in [0.1, 0.15) is 0 Å². The molecule has 0 saturated heterocycles. The van der Waals surface area contributed by atoms with E-state index in [1.165, 1.54) is 11.1 Å². The van der Waals surface area contributed by atoms with Gasteiger partial charge in [-0.1, -0.05) is 24.3 Å². The second kappa shape index (κ2) is 8.39. The Balaban J connectivity index is 0.00000242. The van der Waals surface area contributed by atoms with Crippen LogP contribution in [-0.4, -0.2) is 22.3 Å². The standard InChI is InChI=1S/C17H21N3O.ClH/c1-3-20(12-14-7-5-4-6-13(14)2)17(21)10-16-9-8-15(18)11-19-16;/h4-9,11H,3,10,12,18H2,1-2H3;1H. The molecule has 2 rings (SSSR count). The fourth-order valence-electron chi connectivity index (χ4n) is 2.18. The van der Waals surface area contributed by atoms with Crippen molar-refractivity contribution in [2.75, 3.05) is 12.3 Å². The molecule has 0 fully saturated rings. The van der Waals surface area contributed by atoms with Crippen LogP contribution >= 0.6 is 12.4 Å². The first-order valence-corrected chi connectivity index (χ1v) is 7.13. The van der Waals surface area contributed by atoms with Gasteiger partial charge in [-0.3, -0.25) is 9.78 Å². The number of rotatable bonds is 5. The van der Waals surface area contributed by atoms with Crippen molar-refractivity contribution in [3.63, 3.8) is 0 Å². The van der Waals surface area contributed by atoms with Crippen LogP contribution < -0.4 is 5.73 Å². The number of benzene rings is 1. The van der Waals surface area contributed by atoms with Crippen LogP contribution in [0.25, 0.3) is 0 Å². The lowest BCUT2D eigenvalue weighted by Crippen LogP contribution is -2.32. The number of likely N-dealkylation sites (N-methyl/N-ethyl adjacent to an activating group) is 1. The second-order valence-electron chi connectivity index (χ2n) is 5.09. The lowest BCUT2D eigenvalue weighted by molar-refractivity contribution is -0.130. The lowest BCUT2D eigenvalue weighted by atomic mass is 10.1. The number of nitrogens with zero attached hydrogens (tertiary/aromatic N) is 2. The van der Waals surface area contributed by atoms with Crippen molar-refractivity contribution in [3.05, 3.63) is 59.4 Å². The van der Waals surface area contributed by atoms with Crippen molar-refractivity contribution in [2.45, 2.75) is 26.8 Å². The van der Waals surface area contributed by atoms with E-state index < -0.39 is 0 Å². The number of aromatic nitrogens is 1. The van der Waals surface area contributed by atoms with E-state index in [2.05, 4.69) is 24.0 Å². The molecule has 22 heavy (non-hydrogen) atoms. The number of hydrogen-bond donors (Lipinski definition) is 1. The van der Waals surface area contributed by atoms with Crippen LogP contribution in [0.1, 0.15) is 23.7 Å². The van der Waals surface area contributed by atoms with Gasteiger partial charge >= 0.3 is 0 Å². The van der Waals surface area contributed by atoms with Crippen LogP contribution in [0, 0.1) is 6.92 Å². The number of halogens is 1. The number of carbonyl (C=O) groups excluding carboxylic acids is 1. The molecular weight excluding hydrogens is 298 g/mol. The maximum Gasteiger partial charge on any atom is 0.228 e. The van der Waals surface area contributed by atoms with E-state index in [1.807, 2.05) is 24.0 Å². The summed E-state index contributed by atoms with van der Waals surface area (Å²) in [7, 11) is 0. The topological polar surface area (TPSA) is 59.2 Å². The van der Waals surface area contributed by atoms with Gasteiger partial charge < -0.3 is 10.6 Å². The molecule has 0 bridgehead atoms. The normalized spacial score (nSPS) is 9.91. The zero-order chi connectivity index (χ0) is 15.2. The molecule has 1 heterocycles. The van der Waals surface area contributed by atoms with Gasteiger partial charge in [0.05, 0.1) is 18.3 Å². The number of nitrogens with two attached hydrogens (primary N) is 1. The van der Waals surface area contributed by atoms with Crippen molar-refractivity contribution < 1.29 is 4.79 Å². The summed E-state index contributed by atoms with van der Waals surface area (Å²) in [5.41, 5.74) is 9.34. The predicted octanol–water partition coefficient (Wildman–Crippen LogP) is 2.99. The number of aryl methyl sites for hydroxylation is 1. The third-order valence-corrected chi connectivity index (χ3v) is 3.54. The maximum absolute atomic E-state index is 12.4. The number of nitrogen functional groups attached to an aromatic ring is 1. The van der Waals surface area contributed by atoms with Gasteiger partial charge in [0.2, 0.25) is 5.91 Å². The quantitative estimate of drug-likeness (QED) is 0.921. The fourth-order valence-corrected chi connectivity index (χ4v) is 2.18. The number of carbonyl (C=O) groups is 1. The van der Waals surface area contributed by atoms with Gasteiger partial charge in [-0.2, -0.15) is 0 Å². The third kappa shape index (κ3) is 4.74. The summed E-state index contributed by atoms with van der Waals surface area (Å²) >= 11 is 0. The van der Waals surface area contributed by atoms with E-state index in [-0.39, 0.29) is 18.3 Å². The Labute approximate surface area is 137 Å². The number of anilines is 1. The number of pyridine rings is 1. The first-order valence-electron chi connectivity index (χ1n) is 7.13. The Morgan fingerprint density at radius 3 is 2.55 bits per heavy atom. The molecule has 118 valence electrons. The third-order valence-electron chi connectivity index (χ3n) is 3.54. The van der Waals surface area contributed by atoms with E-state index in [0.717, 1.165) is 5.69 Å². The summed E-state index contributed by atoms with van der Waals surface area (Å²) in [5.74, 6) is 0.0815. The average Bonchev–Trinajstić information content (AvgIpc) is 2.48.